The molecule has 2 aromatic carbocycles. The maximum atomic E-state index is 13.3. The van der Waals surface area contributed by atoms with Crippen LogP contribution in [0, 0.1) is 17.1 Å². The highest BCUT2D eigenvalue weighted by Crippen LogP contribution is 2.21. The van der Waals surface area contributed by atoms with Gasteiger partial charge in [0.1, 0.15) is 5.82 Å². The van der Waals surface area contributed by atoms with Crippen molar-refractivity contribution in [2.75, 3.05) is 14.1 Å². The van der Waals surface area contributed by atoms with E-state index in [0.717, 1.165) is 5.56 Å². The number of rotatable bonds is 5. The molecule has 5 heteroatoms. The van der Waals surface area contributed by atoms with Crippen LogP contribution in [0.15, 0.2) is 42.5 Å². The van der Waals surface area contributed by atoms with Gasteiger partial charge in [0.15, 0.2) is 0 Å². The van der Waals surface area contributed by atoms with E-state index < -0.39 is 0 Å². The van der Waals surface area contributed by atoms with Gasteiger partial charge in [-0.15, -0.1) is 0 Å². The van der Waals surface area contributed by atoms with E-state index in [-0.39, 0.29) is 11.7 Å². The number of carbonyl (C=O) groups is 1. The summed E-state index contributed by atoms with van der Waals surface area (Å²) in [4.78, 5) is 13.5. The topological polar surface area (TPSA) is 44.1 Å². The van der Waals surface area contributed by atoms with Gasteiger partial charge < -0.3 is 4.90 Å². The number of amides is 1. The number of hydrogen-bond acceptors (Lipinski definition) is 3. The Bertz CT molecular complexity index is 753. The van der Waals surface area contributed by atoms with Crippen LogP contribution in [0.2, 0.25) is 0 Å². The molecule has 23 heavy (non-hydrogen) atoms. The summed E-state index contributed by atoms with van der Waals surface area (Å²) in [6.07, 6.45) is 0. The van der Waals surface area contributed by atoms with Crippen molar-refractivity contribution in [3.8, 4) is 6.07 Å². The maximum absolute atomic E-state index is 13.3. The normalized spacial score (nSPS) is 10.2. The molecule has 0 saturated carbocycles. The van der Waals surface area contributed by atoms with Crippen LogP contribution >= 0.6 is 11.8 Å². The lowest BCUT2D eigenvalue weighted by atomic mass is 10.1. The molecule has 3 nitrogen and oxygen atoms in total. The number of halogens is 1. The lowest BCUT2D eigenvalue weighted by molar-refractivity contribution is 0.0827. The number of hydrogen-bond donors (Lipinski definition) is 0. The minimum atomic E-state index is -0.335. The molecule has 1 amide bonds. The molecule has 0 aliphatic carbocycles. The first-order valence-electron chi connectivity index (χ1n) is 7.08. The Balaban J connectivity index is 2.02. The number of benzene rings is 2. The first-order chi connectivity index (χ1) is 11.0. The van der Waals surface area contributed by atoms with Gasteiger partial charge in [-0.2, -0.15) is 17.0 Å². The molecule has 0 heterocycles. The Hall–Kier alpha value is -2.32. The van der Waals surface area contributed by atoms with Gasteiger partial charge in [-0.1, -0.05) is 12.1 Å². The van der Waals surface area contributed by atoms with Crippen molar-refractivity contribution in [2.45, 2.75) is 11.5 Å². The summed E-state index contributed by atoms with van der Waals surface area (Å²) in [6.45, 7) is 0. The van der Waals surface area contributed by atoms with Crippen LogP contribution in [-0.4, -0.2) is 24.9 Å². The highest BCUT2D eigenvalue weighted by atomic mass is 32.2. The van der Waals surface area contributed by atoms with Gasteiger partial charge in [0.25, 0.3) is 5.91 Å². The summed E-state index contributed by atoms with van der Waals surface area (Å²) >= 11 is 1.58. The maximum Gasteiger partial charge on any atom is 0.253 e. The van der Waals surface area contributed by atoms with E-state index in [1.54, 1.807) is 31.9 Å². The van der Waals surface area contributed by atoms with Gasteiger partial charge >= 0.3 is 0 Å². The Morgan fingerprint density at radius 2 is 2.00 bits per heavy atom. The molecule has 2 aromatic rings. The molecule has 0 radical (unpaired) electrons. The molecular formula is C18H17FN2OS. The van der Waals surface area contributed by atoms with E-state index in [9.17, 15) is 9.18 Å². The zero-order valence-electron chi connectivity index (χ0n) is 13.0. The number of nitriles is 1. The van der Waals surface area contributed by atoms with Gasteiger partial charge in [-0.25, -0.2) is 4.39 Å². The van der Waals surface area contributed by atoms with Crippen LogP contribution in [0.3, 0.4) is 0 Å². The first kappa shape index (κ1) is 17.0. The Morgan fingerprint density at radius 3 is 2.70 bits per heavy atom. The van der Waals surface area contributed by atoms with Crippen molar-refractivity contribution in [2.24, 2.45) is 0 Å². The average molecular weight is 328 g/mol. The molecule has 0 fully saturated rings. The molecule has 118 valence electrons. The van der Waals surface area contributed by atoms with Crippen LogP contribution in [-0.2, 0) is 11.5 Å². The monoisotopic (exact) mass is 328 g/mol. The second-order valence-corrected chi connectivity index (χ2v) is 6.29. The van der Waals surface area contributed by atoms with Crippen LogP contribution in [0.5, 0.6) is 0 Å². The molecule has 0 spiro atoms. The van der Waals surface area contributed by atoms with E-state index in [2.05, 4.69) is 6.07 Å². The molecule has 0 aliphatic rings. The van der Waals surface area contributed by atoms with E-state index >= 15 is 0 Å². The van der Waals surface area contributed by atoms with Crippen molar-refractivity contribution < 1.29 is 9.18 Å². The Labute approximate surface area is 139 Å². The fraction of sp³-hybridized carbons (Fsp3) is 0.222. The standard InChI is InChI=1S/C18H17FN2OS/c1-21(2)18(22)14-5-3-4-13(8-14)11-23-12-16-9-17(19)7-6-15(16)10-20/h3-9H,11-12H2,1-2H3. The molecule has 0 aromatic heterocycles. The minimum Gasteiger partial charge on any atom is -0.345 e. The predicted molar refractivity (Wildman–Crippen MR) is 90.6 cm³/mol. The van der Waals surface area contributed by atoms with Gasteiger partial charge in [-0.3, -0.25) is 4.79 Å². The smallest absolute Gasteiger partial charge is 0.253 e. The van der Waals surface area contributed by atoms with Crippen molar-refractivity contribution >= 4 is 17.7 Å². The summed E-state index contributed by atoms with van der Waals surface area (Å²) in [7, 11) is 3.44. The highest BCUT2D eigenvalue weighted by Gasteiger charge is 2.09. The molecule has 0 atom stereocenters. The van der Waals surface area contributed by atoms with Crippen molar-refractivity contribution in [1.82, 2.24) is 4.90 Å². The van der Waals surface area contributed by atoms with E-state index in [1.807, 2.05) is 18.2 Å². The largest absolute Gasteiger partial charge is 0.345 e. The van der Waals surface area contributed by atoms with Crippen molar-refractivity contribution in [3.63, 3.8) is 0 Å². The van der Waals surface area contributed by atoms with Crippen molar-refractivity contribution in [1.29, 1.82) is 5.26 Å². The quantitative estimate of drug-likeness (QED) is 0.838. The van der Waals surface area contributed by atoms with Crippen LogP contribution in [0.1, 0.15) is 27.0 Å². The van der Waals surface area contributed by atoms with E-state index in [0.29, 0.717) is 28.2 Å². The fourth-order valence-electron chi connectivity index (χ4n) is 2.12. The third-order valence-electron chi connectivity index (χ3n) is 3.29. The summed E-state index contributed by atoms with van der Waals surface area (Å²) in [6, 6.07) is 13.7. The zero-order chi connectivity index (χ0) is 16.8. The van der Waals surface area contributed by atoms with Gasteiger partial charge in [-0.05, 0) is 41.5 Å². The minimum absolute atomic E-state index is 0.0336. The van der Waals surface area contributed by atoms with Crippen LogP contribution in [0.25, 0.3) is 0 Å². The fourth-order valence-corrected chi connectivity index (χ4v) is 3.10. The lowest BCUT2D eigenvalue weighted by Gasteiger charge is -2.11. The second-order valence-electron chi connectivity index (χ2n) is 5.31. The van der Waals surface area contributed by atoms with E-state index in [1.165, 1.54) is 23.1 Å². The predicted octanol–water partition coefficient (Wildman–Crippen LogP) is 3.83. The lowest BCUT2D eigenvalue weighted by Crippen LogP contribution is -2.21. The van der Waals surface area contributed by atoms with Crippen LogP contribution in [0.4, 0.5) is 4.39 Å². The third kappa shape index (κ3) is 4.57. The second kappa shape index (κ2) is 7.80. The molecule has 0 aliphatic heterocycles. The third-order valence-corrected chi connectivity index (χ3v) is 4.35. The Kier molecular flexibility index (Phi) is 5.78. The SMILES string of the molecule is CN(C)C(=O)c1cccc(CSCc2cc(F)ccc2C#N)c1. The summed E-state index contributed by atoms with van der Waals surface area (Å²) < 4.78 is 13.3. The van der Waals surface area contributed by atoms with E-state index in [4.69, 9.17) is 5.26 Å². The highest BCUT2D eigenvalue weighted by molar-refractivity contribution is 7.97. The summed E-state index contributed by atoms with van der Waals surface area (Å²) in [5.74, 6) is 0.870. The number of nitrogens with zero attached hydrogens (tertiary/aromatic N) is 2. The van der Waals surface area contributed by atoms with Gasteiger partial charge in [0.2, 0.25) is 0 Å². The number of thioether (sulfide) groups is 1. The summed E-state index contributed by atoms with van der Waals surface area (Å²) in [5, 5.41) is 9.05. The molecule has 2 rings (SSSR count). The first-order valence-corrected chi connectivity index (χ1v) is 8.23. The number of carbonyl (C=O) groups excluding carboxylic acids is 1. The molecule has 0 unspecified atom stereocenters. The molecular weight excluding hydrogens is 311 g/mol. The molecule has 0 saturated heterocycles. The molecule has 0 N–H and O–H groups in total. The summed E-state index contributed by atoms with van der Waals surface area (Å²) in [5.41, 5.74) is 2.86. The van der Waals surface area contributed by atoms with Gasteiger partial charge in [0, 0.05) is 31.2 Å². The van der Waals surface area contributed by atoms with Crippen LogP contribution < -0.4 is 0 Å². The average Bonchev–Trinajstić information content (AvgIpc) is 2.54. The van der Waals surface area contributed by atoms with Gasteiger partial charge in [0.05, 0.1) is 11.6 Å². The zero-order valence-corrected chi connectivity index (χ0v) is 13.9. The Morgan fingerprint density at radius 1 is 1.22 bits per heavy atom. The van der Waals surface area contributed by atoms with Crippen molar-refractivity contribution in [3.05, 3.63) is 70.5 Å². The molecule has 0 bridgehead atoms.